The zero-order valence-corrected chi connectivity index (χ0v) is 14.2. The van der Waals surface area contributed by atoms with Crippen LogP contribution in [-0.2, 0) is 4.79 Å². The molecule has 0 spiro atoms. The molecule has 1 aromatic carbocycles. The molecule has 1 heterocycles. The molecule has 23 heavy (non-hydrogen) atoms. The largest absolute Gasteiger partial charge is 0.349 e. The number of aromatic nitrogens is 3. The van der Waals surface area contributed by atoms with Gasteiger partial charge in [0.05, 0.1) is 11.8 Å². The van der Waals surface area contributed by atoms with Gasteiger partial charge in [-0.25, -0.2) is 0 Å². The van der Waals surface area contributed by atoms with Crippen LogP contribution >= 0.6 is 23.4 Å². The number of halogens is 1. The van der Waals surface area contributed by atoms with Crippen LogP contribution in [0, 0.1) is 6.92 Å². The monoisotopic (exact) mass is 353 g/mol. The lowest BCUT2D eigenvalue weighted by Gasteiger charge is -2.14. The number of hydrogen-bond donors (Lipinski definition) is 2. The lowest BCUT2D eigenvalue weighted by molar-refractivity contribution is -0.119. The third kappa shape index (κ3) is 4.46. The van der Waals surface area contributed by atoms with Crippen LogP contribution in [0.1, 0.15) is 24.2 Å². The fourth-order valence-corrected chi connectivity index (χ4v) is 2.70. The Bertz CT molecular complexity index is 780. The van der Waals surface area contributed by atoms with Crippen molar-refractivity contribution in [2.75, 3.05) is 11.6 Å². The molecule has 0 radical (unpaired) electrons. The maximum absolute atomic E-state index is 12.0. The lowest BCUT2D eigenvalue weighted by atomic mass is 10.1. The lowest BCUT2D eigenvalue weighted by Crippen LogP contribution is -2.33. The molecule has 1 atom stereocenters. The van der Waals surface area contributed by atoms with E-state index in [0.717, 1.165) is 22.0 Å². The van der Waals surface area contributed by atoms with E-state index in [1.165, 1.54) is 6.92 Å². The number of nitrogens with zero attached hydrogens (tertiary/aromatic N) is 3. The van der Waals surface area contributed by atoms with Crippen LogP contribution in [0.2, 0.25) is 5.02 Å². The Morgan fingerprint density at radius 2 is 2.22 bits per heavy atom. The summed E-state index contributed by atoms with van der Waals surface area (Å²) in [7, 11) is 0. The Morgan fingerprint density at radius 3 is 2.91 bits per heavy atom. The minimum atomic E-state index is -0.435. The zero-order chi connectivity index (χ0) is 17.0. The fourth-order valence-electron chi connectivity index (χ4n) is 1.84. The van der Waals surface area contributed by atoms with Crippen LogP contribution in [0.4, 0.5) is 0 Å². The quantitative estimate of drug-likeness (QED) is 0.620. The van der Waals surface area contributed by atoms with Crippen LogP contribution in [0.25, 0.3) is 0 Å². The maximum atomic E-state index is 12.0. The highest BCUT2D eigenvalue weighted by atomic mass is 35.5. The van der Waals surface area contributed by atoms with Gasteiger partial charge >= 0.3 is 0 Å². The topological polar surface area (TPSA) is 103 Å². The molecule has 7 nitrogen and oxygen atoms in total. The Hall–Kier alpha value is -2.06. The summed E-state index contributed by atoms with van der Waals surface area (Å²) in [6.07, 6.45) is 0. The van der Waals surface area contributed by atoms with E-state index in [0.29, 0.717) is 5.02 Å². The summed E-state index contributed by atoms with van der Waals surface area (Å²) >= 11 is 6.98. The number of carbonyl (C=O) groups excluding carboxylic acids is 1. The second kappa shape index (κ2) is 7.47. The predicted molar refractivity (Wildman–Crippen MR) is 89.9 cm³/mol. The number of nitrogen functional groups attached to an aromatic ring is 1. The summed E-state index contributed by atoms with van der Waals surface area (Å²) in [5.74, 6) is 5.47. The van der Waals surface area contributed by atoms with Crippen molar-refractivity contribution in [3.63, 3.8) is 0 Å². The maximum Gasteiger partial charge on any atom is 0.294 e. The Labute approximate surface area is 142 Å². The summed E-state index contributed by atoms with van der Waals surface area (Å²) in [6, 6.07) is 7.08. The summed E-state index contributed by atoms with van der Waals surface area (Å²) in [5, 5.41) is 11.2. The van der Waals surface area contributed by atoms with E-state index in [1.807, 2.05) is 19.1 Å². The molecule has 0 aliphatic heterocycles. The molecule has 0 aliphatic rings. The van der Waals surface area contributed by atoms with Crippen molar-refractivity contribution in [1.82, 2.24) is 20.2 Å². The Morgan fingerprint density at radius 1 is 1.48 bits per heavy atom. The van der Waals surface area contributed by atoms with Crippen molar-refractivity contribution in [1.29, 1.82) is 0 Å². The van der Waals surface area contributed by atoms with E-state index in [-0.39, 0.29) is 28.6 Å². The minimum Gasteiger partial charge on any atom is -0.349 e. The number of carbonyl (C=O) groups is 1. The molecule has 3 N–H and O–H groups in total. The van der Waals surface area contributed by atoms with Gasteiger partial charge in [-0.1, -0.05) is 35.5 Å². The second-order valence-corrected chi connectivity index (χ2v) is 6.25. The van der Waals surface area contributed by atoms with E-state index in [1.54, 1.807) is 12.1 Å². The van der Waals surface area contributed by atoms with Crippen LogP contribution in [0.15, 0.2) is 34.2 Å². The molecular formula is C14H16ClN5O2S. The first kappa shape index (κ1) is 17.3. The van der Waals surface area contributed by atoms with Gasteiger partial charge in [-0.2, -0.15) is 4.68 Å². The number of aryl methyl sites for hydroxylation is 1. The first-order valence-corrected chi connectivity index (χ1v) is 8.14. The normalized spacial score (nSPS) is 12.0. The Balaban J connectivity index is 1.95. The van der Waals surface area contributed by atoms with Gasteiger partial charge in [-0.05, 0) is 31.5 Å². The summed E-state index contributed by atoms with van der Waals surface area (Å²) in [4.78, 5) is 23.6. The van der Waals surface area contributed by atoms with E-state index in [9.17, 15) is 9.59 Å². The van der Waals surface area contributed by atoms with Crippen molar-refractivity contribution < 1.29 is 4.79 Å². The van der Waals surface area contributed by atoms with Crippen LogP contribution in [0.5, 0.6) is 0 Å². The second-order valence-electron chi connectivity index (χ2n) is 4.88. The molecule has 0 bridgehead atoms. The van der Waals surface area contributed by atoms with E-state index in [2.05, 4.69) is 15.5 Å². The molecule has 0 unspecified atom stereocenters. The molecule has 122 valence electrons. The Kier molecular flexibility index (Phi) is 5.62. The average Bonchev–Trinajstić information content (AvgIpc) is 2.52. The number of benzene rings is 1. The molecular weight excluding hydrogens is 338 g/mol. The van der Waals surface area contributed by atoms with Gasteiger partial charge in [0.15, 0.2) is 0 Å². The first-order valence-electron chi connectivity index (χ1n) is 6.77. The summed E-state index contributed by atoms with van der Waals surface area (Å²) < 4.78 is 0.890. The van der Waals surface area contributed by atoms with Crippen LogP contribution in [0.3, 0.4) is 0 Å². The van der Waals surface area contributed by atoms with E-state index in [4.69, 9.17) is 17.4 Å². The van der Waals surface area contributed by atoms with Gasteiger partial charge in [0.25, 0.3) is 5.56 Å². The minimum absolute atomic E-state index is 0.0687. The third-order valence-electron chi connectivity index (χ3n) is 3.08. The smallest absolute Gasteiger partial charge is 0.294 e. The van der Waals surface area contributed by atoms with Gasteiger partial charge in [0.1, 0.15) is 5.69 Å². The highest BCUT2D eigenvalue weighted by Gasteiger charge is 2.13. The number of rotatable bonds is 5. The third-order valence-corrected chi connectivity index (χ3v) is 4.26. The highest BCUT2D eigenvalue weighted by molar-refractivity contribution is 7.99. The van der Waals surface area contributed by atoms with Gasteiger partial charge in [0.2, 0.25) is 11.1 Å². The molecule has 2 rings (SSSR count). The van der Waals surface area contributed by atoms with Gasteiger partial charge in [0, 0.05) is 5.02 Å². The predicted octanol–water partition coefficient (Wildman–Crippen LogP) is 1.28. The zero-order valence-electron chi connectivity index (χ0n) is 12.6. The number of hydrogen-bond acceptors (Lipinski definition) is 6. The molecule has 0 aliphatic carbocycles. The summed E-state index contributed by atoms with van der Waals surface area (Å²) in [6.45, 7) is 3.38. The van der Waals surface area contributed by atoms with Gasteiger partial charge < -0.3 is 11.2 Å². The number of thioether (sulfide) groups is 1. The SMILES string of the molecule is Cc1nnc(SCC(=O)N[C@H](C)c2cccc(Cl)c2)n(N)c1=O. The first-order chi connectivity index (χ1) is 10.9. The van der Waals surface area contributed by atoms with Crippen LogP contribution < -0.4 is 16.7 Å². The van der Waals surface area contributed by atoms with Gasteiger partial charge in [-0.3, -0.25) is 9.59 Å². The number of nitrogens with two attached hydrogens (primary N) is 1. The number of amides is 1. The number of nitrogens with one attached hydrogen (secondary N) is 1. The van der Waals surface area contributed by atoms with Crippen molar-refractivity contribution in [2.24, 2.45) is 0 Å². The van der Waals surface area contributed by atoms with Crippen LogP contribution in [-0.4, -0.2) is 26.5 Å². The molecule has 9 heteroatoms. The average molecular weight is 354 g/mol. The fraction of sp³-hybridized carbons (Fsp3) is 0.286. The standard InChI is InChI=1S/C14H16ClN5O2S/c1-8(10-4-3-5-11(15)6-10)17-12(21)7-23-14-19-18-9(2)13(22)20(14)16/h3-6,8H,7,16H2,1-2H3,(H,17,21)/t8-/m1/s1. The highest BCUT2D eigenvalue weighted by Crippen LogP contribution is 2.18. The van der Waals surface area contributed by atoms with Crippen molar-refractivity contribution in [3.8, 4) is 0 Å². The van der Waals surface area contributed by atoms with Crippen molar-refractivity contribution >= 4 is 29.3 Å². The van der Waals surface area contributed by atoms with Crippen molar-refractivity contribution in [2.45, 2.75) is 25.0 Å². The van der Waals surface area contributed by atoms with E-state index < -0.39 is 5.56 Å². The van der Waals surface area contributed by atoms with Crippen molar-refractivity contribution in [3.05, 3.63) is 50.9 Å². The van der Waals surface area contributed by atoms with Gasteiger partial charge in [-0.15, -0.1) is 10.2 Å². The molecule has 0 saturated carbocycles. The molecule has 0 saturated heterocycles. The van der Waals surface area contributed by atoms with E-state index >= 15 is 0 Å². The molecule has 1 aromatic heterocycles. The summed E-state index contributed by atoms with van der Waals surface area (Å²) in [5.41, 5.74) is 0.674. The molecule has 1 amide bonds. The molecule has 0 fully saturated rings. The molecule has 2 aromatic rings.